The fourth-order valence-corrected chi connectivity index (χ4v) is 3.53. The summed E-state index contributed by atoms with van der Waals surface area (Å²) in [6, 6.07) is 21.4. The summed E-state index contributed by atoms with van der Waals surface area (Å²) in [6.07, 6.45) is 0.855. The highest BCUT2D eigenvalue weighted by Gasteiger charge is 2.25. The first-order valence-electron chi connectivity index (χ1n) is 10.0. The molecule has 0 atom stereocenters. The number of Topliss-reactive ketones (excluding diaryl/α,β-unsaturated/α-hetero) is 1. The Kier molecular flexibility index (Phi) is 5.80. The van der Waals surface area contributed by atoms with Crippen LogP contribution in [0.3, 0.4) is 0 Å². The number of fused-ring (bicyclic) bond motifs is 1. The van der Waals surface area contributed by atoms with Gasteiger partial charge in [-0.1, -0.05) is 18.2 Å². The molecule has 6 nitrogen and oxygen atoms in total. The predicted octanol–water partition coefficient (Wildman–Crippen LogP) is 4.11. The molecule has 0 fully saturated rings. The number of ether oxygens (including phenoxy) is 1. The molecule has 31 heavy (non-hydrogen) atoms. The van der Waals surface area contributed by atoms with Gasteiger partial charge in [0, 0.05) is 29.0 Å². The number of amides is 2. The van der Waals surface area contributed by atoms with E-state index in [0.717, 1.165) is 12.1 Å². The Bertz CT molecular complexity index is 1120. The summed E-state index contributed by atoms with van der Waals surface area (Å²) in [5.74, 6) is 0.107. The summed E-state index contributed by atoms with van der Waals surface area (Å²) in [7, 11) is 0. The van der Waals surface area contributed by atoms with Crippen molar-refractivity contribution < 1.29 is 19.1 Å². The zero-order valence-electron chi connectivity index (χ0n) is 17.1. The van der Waals surface area contributed by atoms with Crippen LogP contribution in [-0.4, -0.2) is 30.7 Å². The van der Waals surface area contributed by atoms with Crippen LogP contribution in [-0.2, 0) is 11.2 Å². The van der Waals surface area contributed by atoms with Crippen molar-refractivity contribution in [3.8, 4) is 5.75 Å². The molecule has 0 aromatic heterocycles. The van der Waals surface area contributed by atoms with Gasteiger partial charge in [-0.3, -0.25) is 14.4 Å². The number of nitrogens with one attached hydrogen (secondary N) is 1. The van der Waals surface area contributed by atoms with E-state index >= 15 is 0 Å². The topological polar surface area (TPSA) is 75.7 Å². The second-order valence-electron chi connectivity index (χ2n) is 7.33. The summed E-state index contributed by atoms with van der Waals surface area (Å²) in [6.45, 7) is 2.00. The number of ketones is 1. The summed E-state index contributed by atoms with van der Waals surface area (Å²) >= 11 is 0. The number of nitrogens with zero attached hydrogens (tertiary/aromatic N) is 1. The van der Waals surface area contributed by atoms with Gasteiger partial charge >= 0.3 is 0 Å². The van der Waals surface area contributed by atoms with Crippen LogP contribution in [0.4, 0.5) is 11.4 Å². The third kappa shape index (κ3) is 4.64. The maximum atomic E-state index is 12.9. The number of benzene rings is 3. The summed E-state index contributed by atoms with van der Waals surface area (Å²) in [5.41, 5.74) is 3.87. The Morgan fingerprint density at radius 3 is 2.29 bits per heavy atom. The van der Waals surface area contributed by atoms with E-state index in [2.05, 4.69) is 5.32 Å². The second-order valence-corrected chi connectivity index (χ2v) is 7.33. The van der Waals surface area contributed by atoms with Crippen LogP contribution in [0.5, 0.6) is 5.75 Å². The third-order valence-electron chi connectivity index (χ3n) is 5.18. The van der Waals surface area contributed by atoms with E-state index in [9.17, 15) is 14.4 Å². The highest BCUT2D eigenvalue weighted by molar-refractivity contribution is 6.07. The Morgan fingerprint density at radius 1 is 0.903 bits per heavy atom. The van der Waals surface area contributed by atoms with Gasteiger partial charge in [-0.25, -0.2) is 0 Å². The molecular formula is C25H22N2O4. The van der Waals surface area contributed by atoms with Crippen LogP contribution in [0.15, 0.2) is 72.8 Å². The van der Waals surface area contributed by atoms with Gasteiger partial charge in [-0.15, -0.1) is 0 Å². The minimum absolute atomic E-state index is 0.0276. The highest BCUT2D eigenvalue weighted by atomic mass is 16.5. The minimum Gasteiger partial charge on any atom is -0.484 e. The molecule has 0 aliphatic carbocycles. The van der Waals surface area contributed by atoms with E-state index < -0.39 is 0 Å². The number of carbonyl (C=O) groups is 3. The Morgan fingerprint density at radius 2 is 1.58 bits per heavy atom. The Labute approximate surface area is 180 Å². The smallest absolute Gasteiger partial charge is 0.262 e. The zero-order chi connectivity index (χ0) is 21.8. The fourth-order valence-electron chi connectivity index (χ4n) is 3.53. The predicted molar refractivity (Wildman–Crippen MR) is 119 cm³/mol. The summed E-state index contributed by atoms with van der Waals surface area (Å²) < 4.78 is 5.45. The maximum absolute atomic E-state index is 12.9. The molecule has 0 spiro atoms. The molecule has 3 aromatic carbocycles. The van der Waals surface area contributed by atoms with E-state index in [1.54, 1.807) is 53.4 Å². The van der Waals surface area contributed by atoms with Crippen molar-refractivity contribution >= 4 is 29.0 Å². The lowest BCUT2D eigenvalue weighted by molar-refractivity contribution is -0.118. The third-order valence-corrected chi connectivity index (χ3v) is 5.18. The molecule has 0 saturated heterocycles. The van der Waals surface area contributed by atoms with E-state index in [0.29, 0.717) is 29.1 Å². The zero-order valence-corrected chi connectivity index (χ0v) is 17.1. The molecule has 0 unspecified atom stereocenters. The molecule has 4 rings (SSSR count). The van der Waals surface area contributed by atoms with Crippen molar-refractivity contribution in [3.05, 3.63) is 89.5 Å². The van der Waals surface area contributed by atoms with Crippen LogP contribution in [0, 0.1) is 0 Å². The van der Waals surface area contributed by atoms with Gasteiger partial charge in [0.15, 0.2) is 12.4 Å². The first kappa shape index (κ1) is 20.3. The van der Waals surface area contributed by atoms with Crippen molar-refractivity contribution in [2.24, 2.45) is 0 Å². The van der Waals surface area contributed by atoms with Crippen LogP contribution >= 0.6 is 0 Å². The van der Waals surface area contributed by atoms with Crippen LogP contribution in [0.25, 0.3) is 0 Å². The van der Waals surface area contributed by atoms with Gasteiger partial charge in [0.1, 0.15) is 5.75 Å². The first-order valence-corrected chi connectivity index (χ1v) is 10.0. The van der Waals surface area contributed by atoms with Crippen molar-refractivity contribution in [2.75, 3.05) is 23.4 Å². The van der Waals surface area contributed by atoms with Crippen molar-refractivity contribution in [1.29, 1.82) is 0 Å². The Balaban J connectivity index is 1.32. The molecule has 0 saturated carbocycles. The van der Waals surface area contributed by atoms with E-state index in [4.69, 9.17) is 4.74 Å². The molecule has 0 bridgehead atoms. The molecular weight excluding hydrogens is 392 g/mol. The summed E-state index contributed by atoms with van der Waals surface area (Å²) in [5, 5.41) is 2.75. The van der Waals surface area contributed by atoms with Crippen molar-refractivity contribution in [1.82, 2.24) is 0 Å². The van der Waals surface area contributed by atoms with Crippen LogP contribution in [0.2, 0.25) is 0 Å². The molecule has 6 heteroatoms. The average Bonchev–Trinajstić information content (AvgIpc) is 3.22. The highest BCUT2D eigenvalue weighted by Crippen LogP contribution is 2.29. The number of para-hydroxylation sites is 1. The van der Waals surface area contributed by atoms with E-state index in [1.807, 2.05) is 24.3 Å². The number of carbonyl (C=O) groups excluding carboxylic acids is 3. The number of rotatable bonds is 6. The largest absolute Gasteiger partial charge is 0.484 e. The van der Waals surface area contributed by atoms with Crippen molar-refractivity contribution in [2.45, 2.75) is 13.3 Å². The standard InChI is InChI=1S/C25H22N2O4/c1-17(28)18-8-12-22(13-9-18)31-16-24(29)26-21-10-6-20(7-11-21)25(30)27-15-14-19-4-2-3-5-23(19)27/h2-13H,14-16H2,1H3,(H,26,29). The lowest BCUT2D eigenvalue weighted by Gasteiger charge is -2.17. The molecule has 3 aromatic rings. The molecule has 2 amide bonds. The molecule has 1 aliphatic heterocycles. The van der Waals surface area contributed by atoms with Gasteiger partial charge in [-0.05, 0) is 73.5 Å². The summed E-state index contributed by atoms with van der Waals surface area (Å²) in [4.78, 5) is 38.1. The maximum Gasteiger partial charge on any atom is 0.262 e. The molecule has 156 valence electrons. The second kappa shape index (κ2) is 8.83. The SMILES string of the molecule is CC(=O)c1ccc(OCC(=O)Nc2ccc(C(=O)N3CCc4ccccc43)cc2)cc1. The first-order chi connectivity index (χ1) is 15.0. The minimum atomic E-state index is -0.316. The Hall–Kier alpha value is -3.93. The fraction of sp³-hybridized carbons (Fsp3) is 0.160. The number of anilines is 2. The lowest BCUT2D eigenvalue weighted by Crippen LogP contribution is -2.28. The van der Waals surface area contributed by atoms with E-state index in [1.165, 1.54) is 12.5 Å². The normalized spacial score (nSPS) is 12.2. The molecule has 1 N–H and O–H groups in total. The number of hydrogen-bond acceptors (Lipinski definition) is 4. The van der Waals surface area contributed by atoms with Gasteiger partial charge in [-0.2, -0.15) is 0 Å². The van der Waals surface area contributed by atoms with Crippen LogP contribution < -0.4 is 15.0 Å². The average molecular weight is 414 g/mol. The monoisotopic (exact) mass is 414 g/mol. The number of hydrogen-bond donors (Lipinski definition) is 1. The van der Waals surface area contributed by atoms with Crippen molar-refractivity contribution in [3.63, 3.8) is 0 Å². The van der Waals surface area contributed by atoms with Gasteiger partial charge in [0.05, 0.1) is 0 Å². The molecule has 1 heterocycles. The van der Waals surface area contributed by atoms with Gasteiger partial charge < -0.3 is 15.0 Å². The quantitative estimate of drug-likeness (QED) is 0.616. The van der Waals surface area contributed by atoms with Gasteiger partial charge in [0.25, 0.3) is 11.8 Å². The molecule has 0 radical (unpaired) electrons. The molecule has 1 aliphatic rings. The van der Waals surface area contributed by atoms with Crippen LogP contribution in [0.1, 0.15) is 33.2 Å². The lowest BCUT2D eigenvalue weighted by atomic mass is 10.1. The van der Waals surface area contributed by atoms with E-state index in [-0.39, 0.29) is 24.2 Å². The van der Waals surface area contributed by atoms with Gasteiger partial charge in [0.2, 0.25) is 0 Å².